The minimum Gasteiger partial charge on any atom is -0.390 e. The van der Waals surface area contributed by atoms with Crippen LogP contribution in [0.4, 0.5) is 11.6 Å². The number of nitrogens with one attached hydrogen (secondary N) is 2. The quantitative estimate of drug-likeness (QED) is 0.450. The third kappa shape index (κ3) is 5.10. The van der Waals surface area contributed by atoms with Gasteiger partial charge in [0.05, 0.1) is 45.2 Å². The highest BCUT2D eigenvalue weighted by molar-refractivity contribution is 6.40. The largest absolute Gasteiger partial charge is 0.390 e. The minimum absolute atomic E-state index is 0.0453. The summed E-state index contributed by atoms with van der Waals surface area (Å²) in [5.74, 6) is -0.421. The molecule has 35 heavy (non-hydrogen) atoms. The molecule has 12 heteroatoms. The van der Waals surface area contributed by atoms with E-state index in [0.29, 0.717) is 41.1 Å². The van der Waals surface area contributed by atoms with Gasteiger partial charge in [-0.1, -0.05) is 29.3 Å². The number of amides is 1. The molecule has 1 saturated carbocycles. The first-order valence-corrected chi connectivity index (χ1v) is 12.4. The zero-order valence-electron chi connectivity index (χ0n) is 19.4. The van der Waals surface area contributed by atoms with Crippen molar-refractivity contribution in [3.05, 3.63) is 45.7 Å². The number of hydrazine groups is 1. The van der Waals surface area contributed by atoms with Crippen molar-refractivity contribution in [2.24, 2.45) is 0 Å². The van der Waals surface area contributed by atoms with Gasteiger partial charge in [0.15, 0.2) is 0 Å². The van der Waals surface area contributed by atoms with Gasteiger partial charge in [0.2, 0.25) is 5.95 Å². The predicted molar refractivity (Wildman–Crippen MR) is 133 cm³/mol. The molecule has 1 aromatic heterocycles. The average Bonchev–Trinajstić information content (AvgIpc) is 3.52. The molecule has 0 bridgehead atoms. The molecule has 2 saturated heterocycles. The number of hydrogen-bond donors (Lipinski definition) is 4. The summed E-state index contributed by atoms with van der Waals surface area (Å²) in [7, 11) is 2.00. The molecule has 3 fully saturated rings. The molecule has 1 amide bonds. The van der Waals surface area contributed by atoms with E-state index in [-0.39, 0.29) is 23.7 Å². The molecule has 0 spiro atoms. The number of rotatable bonds is 6. The first-order chi connectivity index (χ1) is 16.8. The number of nitrogens with zero attached hydrogens (tertiary/aromatic N) is 4. The highest BCUT2D eigenvalue weighted by atomic mass is 35.5. The summed E-state index contributed by atoms with van der Waals surface area (Å²) in [6.45, 7) is 2.25. The second-order valence-electron chi connectivity index (χ2n) is 9.50. The summed E-state index contributed by atoms with van der Waals surface area (Å²) < 4.78 is 6.54. The van der Waals surface area contributed by atoms with Crippen LogP contribution in [-0.2, 0) is 10.3 Å². The van der Waals surface area contributed by atoms with Crippen LogP contribution in [0.25, 0.3) is 0 Å². The second kappa shape index (κ2) is 9.78. The molecule has 5 rings (SSSR count). The number of anilines is 2. The number of aliphatic hydroxyl groups excluding tert-OH is 1. The highest BCUT2D eigenvalue weighted by Crippen LogP contribution is 2.40. The Balaban J connectivity index is 1.47. The van der Waals surface area contributed by atoms with Crippen molar-refractivity contribution < 1.29 is 14.6 Å². The van der Waals surface area contributed by atoms with Crippen LogP contribution >= 0.6 is 23.2 Å². The van der Waals surface area contributed by atoms with E-state index in [4.69, 9.17) is 33.7 Å². The summed E-state index contributed by atoms with van der Waals surface area (Å²) in [6.07, 6.45) is 3.64. The number of hydrogen-bond acceptors (Lipinski definition) is 9. The normalized spacial score (nSPS) is 27.8. The van der Waals surface area contributed by atoms with E-state index in [1.54, 1.807) is 18.2 Å². The van der Waals surface area contributed by atoms with Crippen LogP contribution in [0.3, 0.4) is 0 Å². The molecule has 3 aliphatic rings. The molecule has 0 radical (unpaired) electrons. The third-order valence-electron chi connectivity index (χ3n) is 6.74. The van der Waals surface area contributed by atoms with Gasteiger partial charge in [-0.05, 0) is 45.0 Å². The van der Waals surface area contributed by atoms with Crippen molar-refractivity contribution in [1.82, 2.24) is 25.3 Å². The Morgan fingerprint density at radius 2 is 2.06 bits per heavy atom. The molecule has 3 unspecified atom stereocenters. The Morgan fingerprint density at radius 3 is 2.74 bits per heavy atom. The van der Waals surface area contributed by atoms with Crippen molar-refractivity contribution >= 4 is 40.7 Å². The third-order valence-corrected chi connectivity index (χ3v) is 7.37. The number of likely N-dealkylation sites (N-methyl/N-ethyl adjacent to an activating group) is 1. The first-order valence-electron chi connectivity index (χ1n) is 11.7. The molecular weight excluding hydrogens is 493 g/mol. The maximum absolute atomic E-state index is 13.4. The highest BCUT2D eigenvalue weighted by Gasteiger charge is 2.50. The zero-order chi connectivity index (χ0) is 24.7. The van der Waals surface area contributed by atoms with Gasteiger partial charge in [0.25, 0.3) is 5.91 Å². The molecule has 3 heterocycles. The van der Waals surface area contributed by atoms with Crippen molar-refractivity contribution in [3.63, 3.8) is 0 Å². The Morgan fingerprint density at radius 1 is 1.31 bits per heavy atom. The molecule has 5 N–H and O–H groups in total. The van der Waals surface area contributed by atoms with Gasteiger partial charge in [-0.25, -0.2) is 15.0 Å². The van der Waals surface area contributed by atoms with E-state index >= 15 is 0 Å². The number of nitrogen functional groups attached to an aromatic ring is 1. The Bertz CT molecular complexity index is 1100. The van der Waals surface area contributed by atoms with Gasteiger partial charge in [-0.2, -0.15) is 0 Å². The fraction of sp³-hybridized carbons (Fsp3) is 0.522. The van der Waals surface area contributed by atoms with Crippen molar-refractivity contribution in [2.75, 3.05) is 44.3 Å². The SMILES string of the molecule is CN1CCC(N2CC(OC3CC3)(c3nc(N)ncc3C(=O)Nc3c(Cl)cccc3Cl)CN2)C(O)C1. The van der Waals surface area contributed by atoms with Gasteiger partial charge >= 0.3 is 0 Å². The number of carbonyl (C=O) groups is 1. The number of likely N-dealkylation sites (tertiary alicyclic amines) is 1. The number of nitrogens with two attached hydrogens (primary N) is 1. The lowest BCUT2D eigenvalue weighted by molar-refractivity contribution is -0.0631. The lowest BCUT2D eigenvalue weighted by Gasteiger charge is -2.39. The van der Waals surface area contributed by atoms with Gasteiger partial charge in [0, 0.05) is 25.8 Å². The van der Waals surface area contributed by atoms with Crippen molar-refractivity contribution in [3.8, 4) is 0 Å². The summed E-state index contributed by atoms with van der Waals surface area (Å²) in [5, 5.41) is 16.2. The number of carbonyl (C=O) groups excluding carboxylic acids is 1. The molecule has 188 valence electrons. The Hall–Kier alpha value is -2.05. The standard InChI is InChI=1S/C23H29Cl2N7O3/c1-31-8-7-17(18(33)10-31)32-12-23(11-28-32,35-13-5-6-13)20-14(9-27-22(26)30-20)21(34)29-19-15(24)3-2-4-16(19)25/h2-4,9,13,17-18,28,33H,5-8,10-12H2,1H3,(H,29,34)(H2,26,27,30). The van der Waals surface area contributed by atoms with Crippen molar-refractivity contribution in [2.45, 2.75) is 43.1 Å². The number of halogens is 2. The Kier molecular flexibility index (Phi) is 6.88. The number of piperidine rings is 1. The lowest BCUT2D eigenvalue weighted by atomic mass is 9.94. The Labute approximate surface area is 213 Å². The number of ether oxygens (including phenoxy) is 1. The maximum Gasteiger partial charge on any atom is 0.259 e. The second-order valence-corrected chi connectivity index (χ2v) is 10.3. The van der Waals surface area contributed by atoms with Gasteiger partial charge in [-0.15, -0.1) is 0 Å². The predicted octanol–water partition coefficient (Wildman–Crippen LogP) is 1.88. The number of benzene rings is 1. The van der Waals surface area contributed by atoms with Crippen LogP contribution < -0.4 is 16.5 Å². The summed E-state index contributed by atoms with van der Waals surface area (Å²) in [4.78, 5) is 24.1. The van der Waals surface area contributed by atoms with E-state index in [1.807, 2.05) is 12.1 Å². The van der Waals surface area contributed by atoms with Crippen LogP contribution in [0.2, 0.25) is 10.0 Å². The van der Waals surface area contributed by atoms with Crippen LogP contribution in [0.15, 0.2) is 24.4 Å². The molecule has 2 aliphatic heterocycles. The van der Waals surface area contributed by atoms with Crippen LogP contribution in [0.1, 0.15) is 35.3 Å². The van der Waals surface area contributed by atoms with Crippen LogP contribution in [0.5, 0.6) is 0 Å². The number of aromatic nitrogens is 2. The van der Waals surface area contributed by atoms with Gasteiger partial charge in [-0.3, -0.25) is 10.2 Å². The van der Waals surface area contributed by atoms with E-state index in [0.717, 1.165) is 25.8 Å². The zero-order valence-corrected chi connectivity index (χ0v) is 20.9. The molecular formula is C23H29Cl2N7O3. The molecule has 2 aromatic rings. The summed E-state index contributed by atoms with van der Waals surface area (Å²) in [6, 6.07) is 4.90. The van der Waals surface area contributed by atoms with E-state index < -0.39 is 17.6 Å². The molecule has 3 atom stereocenters. The van der Waals surface area contributed by atoms with Gasteiger partial charge < -0.3 is 25.8 Å². The van der Waals surface area contributed by atoms with Crippen LogP contribution in [-0.4, -0.2) is 82.4 Å². The molecule has 1 aliphatic carbocycles. The average molecular weight is 522 g/mol. The summed E-state index contributed by atoms with van der Waals surface area (Å²) in [5.41, 5.74) is 9.37. The minimum atomic E-state index is -0.946. The summed E-state index contributed by atoms with van der Waals surface area (Å²) >= 11 is 12.5. The monoisotopic (exact) mass is 521 g/mol. The number of β-amino-alcohol motifs (C(OH)–C–C–N with tert-alkyl or cyclic N) is 1. The lowest BCUT2D eigenvalue weighted by Crippen LogP contribution is -2.55. The fourth-order valence-electron chi connectivity index (χ4n) is 4.80. The molecule has 10 nitrogen and oxygen atoms in total. The van der Waals surface area contributed by atoms with E-state index in [1.165, 1.54) is 6.20 Å². The molecule has 1 aromatic carbocycles. The smallest absolute Gasteiger partial charge is 0.259 e. The van der Waals surface area contributed by atoms with Gasteiger partial charge in [0.1, 0.15) is 5.60 Å². The number of aliphatic hydroxyl groups is 1. The maximum atomic E-state index is 13.4. The topological polar surface area (TPSA) is 129 Å². The number of para-hydroxylation sites is 1. The van der Waals surface area contributed by atoms with Crippen LogP contribution in [0, 0.1) is 0 Å². The van der Waals surface area contributed by atoms with E-state index in [2.05, 4.69) is 25.6 Å². The fourth-order valence-corrected chi connectivity index (χ4v) is 5.29. The van der Waals surface area contributed by atoms with E-state index in [9.17, 15) is 9.90 Å². The first kappa shape index (κ1) is 24.6. The van der Waals surface area contributed by atoms with Crippen molar-refractivity contribution in [1.29, 1.82) is 0 Å².